The summed E-state index contributed by atoms with van der Waals surface area (Å²) in [4.78, 5) is 14.4. The lowest BCUT2D eigenvalue weighted by Crippen LogP contribution is -2.48. The largest absolute Gasteiger partial charge is 0.493 e. The molecule has 1 heterocycles. The Kier molecular flexibility index (Phi) is 6.42. The number of nitrogens with one attached hydrogen (secondary N) is 1. The van der Waals surface area contributed by atoms with Crippen molar-refractivity contribution in [3.05, 3.63) is 29.8 Å². The van der Waals surface area contributed by atoms with Crippen molar-refractivity contribution in [1.29, 1.82) is 0 Å². The molecule has 2 rings (SSSR count). The zero-order valence-electron chi connectivity index (χ0n) is 14.5. The maximum atomic E-state index is 12.3. The lowest BCUT2D eigenvalue weighted by molar-refractivity contribution is -0.138. The van der Waals surface area contributed by atoms with Gasteiger partial charge >= 0.3 is 0 Å². The van der Waals surface area contributed by atoms with Gasteiger partial charge in [0.1, 0.15) is 11.9 Å². The van der Waals surface area contributed by atoms with Crippen LogP contribution in [0.1, 0.15) is 32.4 Å². The molecule has 1 aromatic rings. The second-order valence-electron chi connectivity index (χ2n) is 6.63. The lowest BCUT2D eigenvalue weighted by atomic mass is 10.1. The highest BCUT2D eigenvalue weighted by Gasteiger charge is 2.25. The van der Waals surface area contributed by atoms with Crippen LogP contribution in [0.25, 0.3) is 0 Å². The predicted molar refractivity (Wildman–Crippen MR) is 90.6 cm³/mol. The minimum Gasteiger partial charge on any atom is -0.493 e. The van der Waals surface area contributed by atoms with E-state index in [1.54, 1.807) is 0 Å². The fourth-order valence-electron chi connectivity index (χ4n) is 2.44. The zero-order chi connectivity index (χ0) is 16.8. The van der Waals surface area contributed by atoms with Crippen LogP contribution in [0.3, 0.4) is 0 Å². The molecule has 2 atom stereocenters. The van der Waals surface area contributed by atoms with Gasteiger partial charge in [-0.25, -0.2) is 0 Å². The average Bonchev–Trinajstić information content (AvgIpc) is 2.53. The van der Waals surface area contributed by atoms with Crippen LogP contribution in [0.5, 0.6) is 5.75 Å². The van der Waals surface area contributed by atoms with Gasteiger partial charge in [-0.15, -0.1) is 0 Å². The number of morpholine rings is 1. The normalized spacial score (nSPS) is 20.3. The number of likely N-dealkylation sites (N-methyl/N-ethyl adjacent to an activating group) is 1. The highest BCUT2D eigenvalue weighted by molar-refractivity contribution is 5.81. The molecule has 5 nitrogen and oxygen atoms in total. The van der Waals surface area contributed by atoms with Crippen molar-refractivity contribution in [2.24, 2.45) is 5.92 Å². The van der Waals surface area contributed by atoms with Crippen LogP contribution in [0.4, 0.5) is 0 Å². The quantitative estimate of drug-likeness (QED) is 0.873. The van der Waals surface area contributed by atoms with E-state index in [4.69, 9.17) is 9.47 Å². The van der Waals surface area contributed by atoms with E-state index in [2.05, 4.69) is 24.1 Å². The first kappa shape index (κ1) is 17.8. The zero-order valence-corrected chi connectivity index (χ0v) is 14.5. The van der Waals surface area contributed by atoms with Crippen LogP contribution in [0.2, 0.25) is 0 Å². The number of amides is 1. The Morgan fingerprint density at radius 1 is 1.35 bits per heavy atom. The van der Waals surface area contributed by atoms with Crippen molar-refractivity contribution >= 4 is 5.91 Å². The molecule has 0 aliphatic carbocycles. The Labute approximate surface area is 139 Å². The molecule has 1 amide bonds. The molecule has 0 spiro atoms. The summed E-state index contributed by atoms with van der Waals surface area (Å²) >= 11 is 0. The third-order valence-corrected chi connectivity index (χ3v) is 3.88. The van der Waals surface area contributed by atoms with Crippen molar-refractivity contribution in [1.82, 2.24) is 10.2 Å². The van der Waals surface area contributed by atoms with Crippen molar-refractivity contribution < 1.29 is 14.3 Å². The Hall–Kier alpha value is -1.59. The van der Waals surface area contributed by atoms with Gasteiger partial charge in [-0.05, 0) is 37.6 Å². The molecule has 1 aliphatic heterocycles. The molecule has 1 saturated heterocycles. The van der Waals surface area contributed by atoms with E-state index >= 15 is 0 Å². The number of hydrogen-bond acceptors (Lipinski definition) is 4. The van der Waals surface area contributed by atoms with Gasteiger partial charge in [0.25, 0.3) is 5.91 Å². The van der Waals surface area contributed by atoms with E-state index in [-0.39, 0.29) is 18.1 Å². The molecule has 23 heavy (non-hydrogen) atoms. The monoisotopic (exact) mass is 320 g/mol. The second-order valence-corrected chi connectivity index (χ2v) is 6.63. The molecule has 0 unspecified atom stereocenters. The molecule has 5 heteroatoms. The molecule has 128 valence electrons. The van der Waals surface area contributed by atoms with E-state index < -0.39 is 0 Å². The average molecular weight is 320 g/mol. The van der Waals surface area contributed by atoms with E-state index in [1.807, 2.05) is 38.2 Å². The molecular formula is C18H28N2O3. The maximum Gasteiger partial charge on any atom is 0.250 e. The summed E-state index contributed by atoms with van der Waals surface area (Å²) in [5.74, 6) is 1.31. The number of hydrogen-bond donors (Lipinski definition) is 1. The van der Waals surface area contributed by atoms with Gasteiger partial charge in [0, 0.05) is 13.1 Å². The van der Waals surface area contributed by atoms with Gasteiger partial charge in [-0.2, -0.15) is 0 Å². The minimum absolute atomic E-state index is 0.0517. The van der Waals surface area contributed by atoms with Crippen molar-refractivity contribution in [3.8, 4) is 5.75 Å². The Balaban J connectivity index is 1.87. The van der Waals surface area contributed by atoms with Crippen LogP contribution >= 0.6 is 0 Å². The molecule has 1 aromatic carbocycles. The Bertz CT molecular complexity index is 501. The number of rotatable bonds is 6. The summed E-state index contributed by atoms with van der Waals surface area (Å²) < 4.78 is 11.2. The Morgan fingerprint density at radius 2 is 2.04 bits per heavy atom. The van der Waals surface area contributed by atoms with Crippen LogP contribution < -0.4 is 10.1 Å². The van der Waals surface area contributed by atoms with Crippen LogP contribution in [0, 0.1) is 5.92 Å². The van der Waals surface area contributed by atoms with Gasteiger partial charge in [0.15, 0.2) is 0 Å². The molecule has 1 N–H and O–H groups in total. The van der Waals surface area contributed by atoms with E-state index in [9.17, 15) is 4.79 Å². The molecule has 1 fully saturated rings. The number of ether oxygens (including phenoxy) is 2. The summed E-state index contributed by atoms with van der Waals surface area (Å²) in [5.41, 5.74) is 1.06. The fraction of sp³-hybridized carbons (Fsp3) is 0.611. The smallest absolute Gasteiger partial charge is 0.250 e. The van der Waals surface area contributed by atoms with Crippen LogP contribution in [-0.4, -0.2) is 50.3 Å². The van der Waals surface area contributed by atoms with Crippen molar-refractivity contribution in [2.75, 3.05) is 33.4 Å². The molecule has 0 radical (unpaired) electrons. The summed E-state index contributed by atoms with van der Waals surface area (Å²) in [6.45, 7) is 9.04. The van der Waals surface area contributed by atoms with Gasteiger partial charge in [-0.3, -0.25) is 4.79 Å². The van der Waals surface area contributed by atoms with E-state index in [0.29, 0.717) is 25.7 Å². The standard InChI is InChI=1S/C18H28N2O3/c1-13(2)12-23-16-7-5-15(6-8-16)14(3)19-18(21)17-11-20(4)9-10-22-17/h5-8,13-14,17H,9-12H2,1-4H3,(H,19,21)/t14-,17-/m1/s1. The minimum atomic E-state index is -0.384. The number of benzene rings is 1. The first-order valence-electron chi connectivity index (χ1n) is 8.29. The lowest BCUT2D eigenvalue weighted by Gasteiger charge is -2.30. The predicted octanol–water partition coefficient (Wildman–Crippen LogP) is 2.23. The van der Waals surface area contributed by atoms with Gasteiger partial charge in [0.2, 0.25) is 0 Å². The third-order valence-electron chi connectivity index (χ3n) is 3.88. The van der Waals surface area contributed by atoms with E-state index in [1.165, 1.54) is 0 Å². The van der Waals surface area contributed by atoms with E-state index in [0.717, 1.165) is 17.9 Å². The first-order valence-corrected chi connectivity index (χ1v) is 8.29. The third kappa shape index (κ3) is 5.52. The molecule has 0 aromatic heterocycles. The summed E-state index contributed by atoms with van der Waals surface area (Å²) in [6.07, 6.45) is -0.384. The summed E-state index contributed by atoms with van der Waals surface area (Å²) in [6, 6.07) is 7.83. The topological polar surface area (TPSA) is 50.8 Å². The van der Waals surface area contributed by atoms with Crippen molar-refractivity contribution in [2.45, 2.75) is 32.9 Å². The first-order chi connectivity index (χ1) is 11.0. The molecule has 0 bridgehead atoms. The highest BCUT2D eigenvalue weighted by atomic mass is 16.5. The summed E-state index contributed by atoms with van der Waals surface area (Å²) in [5, 5.41) is 3.02. The summed E-state index contributed by atoms with van der Waals surface area (Å²) in [7, 11) is 2.00. The maximum absolute atomic E-state index is 12.3. The van der Waals surface area contributed by atoms with Crippen molar-refractivity contribution in [3.63, 3.8) is 0 Å². The van der Waals surface area contributed by atoms with Gasteiger partial charge < -0.3 is 19.7 Å². The van der Waals surface area contributed by atoms with Gasteiger partial charge in [0.05, 0.1) is 19.3 Å². The molecule has 1 aliphatic rings. The number of carbonyl (C=O) groups excluding carboxylic acids is 1. The highest BCUT2D eigenvalue weighted by Crippen LogP contribution is 2.18. The number of carbonyl (C=O) groups is 1. The van der Waals surface area contributed by atoms with Gasteiger partial charge in [-0.1, -0.05) is 26.0 Å². The molecular weight excluding hydrogens is 292 g/mol. The fourth-order valence-corrected chi connectivity index (χ4v) is 2.44. The Morgan fingerprint density at radius 3 is 2.65 bits per heavy atom. The van der Waals surface area contributed by atoms with Crippen LogP contribution in [-0.2, 0) is 9.53 Å². The number of nitrogens with zero attached hydrogens (tertiary/aromatic N) is 1. The van der Waals surface area contributed by atoms with Crippen LogP contribution in [0.15, 0.2) is 24.3 Å². The molecule has 0 saturated carbocycles. The second kappa shape index (κ2) is 8.31. The SMILES string of the molecule is CC(C)COc1ccc([C@@H](C)NC(=O)[C@H]2CN(C)CCO2)cc1.